The smallest absolute Gasteiger partial charge is 0.241 e. The molecular formula is C26H34N2O2. The van der Waals surface area contributed by atoms with Crippen molar-refractivity contribution < 1.29 is 9.53 Å². The molecule has 0 aromatic heterocycles. The minimum Gasteiger partial charge on any atom is -0.493 e. The van der Waals surface area contributed by atoms with Crippen molar-refractivity contribution in [2.75, 3.05) is 31.1 Å². The molecule has 160 valence electrons. The highest BCUT2D eigenvalue weighted by Crippen LogP contribution is 2.35. The number of likely N-dealkylation sites (tertiary alicyclic amines) is 1. The van der Waals surface area contributed by atoms with Crippen LogP contribution in [0.3, 0.4) is 0 Å². The normalized spacial score (nSPS) is 20.8. The molecule has 1 amide bonds. The van der Waals surface area contributed by atoms with E-state index >= 15 is 0 Å². The van der Waals surface area contributed by atoms with E-state index in [1.165, 1.54) is 16.7 Å². The fourth-order valence-corrected chi connectivity index (χ4v) is 4.79. The van der Waals surface area contributed by atoms with Crippen LogP contribution in [0.25, 0.3) is 0 Å². The fourth-order valence-electron chi connectivity index (χ4n) is 4.79. The first-order valence-corrected chi connectivity index (χ1v) is 11.4. The third kappa shape index (κ3) is 4.54. The highest BCUT2D eigenvalue weighted by atomic mass is 16.5. The minimum absolute atomic E-state index is 0.212. The number of ether oxygens (including phenoxy) is 1. The van der Waals surface area contributed by atoms with Crippen molar-refractivity contribution in [3.05, 3.63) is 59.2 Å². The molecule has 2 aliphatic rings. The van der Waals surface area contributed by atoms with E-state index < -0.39 is 0 Å². The predicted molar refractivity (Wildman–Crippen MR) is 122 cm³/mol. The first-order chi connectivity index (χ1) is 14.5. The van der Waals surface area contributed by atoms with Crippen molar-refractivity contribution in [3.8, 4) is 5.75 Å². The Bertz CT molecular complexity index is 894. The van der Waals surface area contributed by atoms with Gasteiger partial charge < -0.3 is 9.64 Å². The van der Waals surface area contributed by atoms with Crippen LogP contribution in [0.4, 0.5) is 5.69 Å². The van der Waals surface area contributed by atoms with Gasteiger partial charge in [-0.05, 0) is 67.5 Å². The Balaban J connectivity index is 1.45. The van der Waals surface area contributed by atoms with Gasteiger partial charge in [0.15, 0.2) is 0 Å². The molecule has 2 heterocycles. The number of aryl methyl sites for hydroxylation is 1. The topological polar surface area (TPSA) is 32.8 Å². The number of hydrogen-bond donors (Lipinski definition) is 0. The van der Waals surface area contributed by atoms with Gasteiger partial charge >= 0.3 is 0 Å². The molecule has 2 aliphatic heterocycles. The lowest BCUT2D eigenvalue weighted by Crippen LogP contribution is -2.42. The maximum absolute atomic E-state index is 13.3. The van der Waals surface area contributed by atoms with E-state index in [1.54, 1.807) is 0 Å². The van der Waals surface area contributed by atoms with Gasteiger partial charge in [0.05, 0.1) is 13.2 Å². The van der Waals surface area contributed by atoms with Crippen LogP contribution in [0.5, 0.6) is 5.75 Å². The Morgan fingerprint density at radius 1 is 1.23 bits per heavy atom. The summed E-state index contributed by atoms with van der Waals surface area (Å²) in [4.78, 5) is 17.7. The molecule has 0 aliphatic carbocycles. The van der Waals surface area contributed by atoms with Gasteiger partial charge in [0, 0.05) is 31.2 Å². The average molecular weight is 407 g/mol. The third-order valence-corrected chi connectivity index (χ3v) is 6.58. The predicted octanol–water partition coefficient (Wildman–Crippen LogP) is 4.94. The Labute approximate surface area is 180 Å². The van der Waals surface area contributed by atoms with E-state index in [2.05, 4.69) is 62.1 Å². The number of nitrogens with zero attached hydrogens (tertiary/aromatic N) is 2. The van der Waals surface area contributed by atoms with Crippen LogP contribution in [0.2, 0.25) is 0 Å². The lowest BCUT2D eigenvalue weighted by Gasteiger charge is -2.27. The van der Waals surface area contributed by atoms with Crippen molar-refractivity contribution >= 4 is 11.6 Å². The van der Waals surface area contributed by atoms with Gasteiger partial charge in [-0.25, -0.2) is 0 Å². The number of amides is 1. The molecule has 0 saturated carbocycles. The molecule has 4 nitrogen and oxygen atoms in total. The zero-order chi connectivity index (χ0) is 21.1. The molecule has 0 radical (unpaired) electrons. The van der Waals surface area contributed by atoms with Gasteiger partial charge in [0.25, 0.3) is 0 Å². The largest absolute Gasteiger partial charge is 0.493 e. The van der Waals surface area contributed by atoms with Gasteiger partial charge in [-0.2, -0.15) is 0 Å². The van der Waals surface area contributed by atoms with Crippen LogP contribution in [-0.4, -0.2) is 43.1 Å². The summed E-state index contributed by atoms with van der Waals surface area (Å²) in [6.07, 6.45) is 4.22. The monoisotopic (exact) mass is 406 g/mol. The van der Waals surface area contributed by atoms with Crippen LogP contribution in [0, 0.1) is 6.92 Å². The molecule has 1 unspecified atom stereocenters. The van der Waals surface area contributed by atoms with Crippen LogP contribution in [0.1, 0.15) is 55.7 Å². The molecule has 2 aromatic carbocycles. The van der Waals surface area contributed by atoms with Crippen LogP contribution in [0.15, 0.2) is 42.5 Å². The number of carbonyl (C=O) groups excluding carboxylic acids is 1. The highest BCUT2D eigenvalue weighted by Gasteiger charge is 2.33. The van der Waals surface area contributed by atoms with Crippen LogP contribution >= 0.6 is 0 Å². The maximum Gasteiger partial charge on any atom is 0.241 e. The van der Waals surface area contributed by atoms with Crippen LogP contribution < -0.4 is 9.64 Å². The lowest BCUT2D eigenvalue weighted by molar-refractivity contribution is -0.119. The molecule has 4 rings (SSSR count). The van der Waals surface area contributed by atoms with Crippen LogP contribution in [-0.2, 0) is 11.2 Å². The molecule has 30 heavy (non-hydrogen) atoms. The summed E-state index contributed by atoms with van der Waals surface area (Å²) in [6.45, 7) is 9.54. The number of unbranched alkanes of at least 4 members (excludes halogenated alkanes) is 1. The van der Waals surface area contributed by atoms with Gasteiger partial charge in [0.2, 0.25) is 5.91 Å². The van der Waals surface area contributed by atoms with E-state index in [9.17, 15) is 4.79 Å². The zero-order valence-corrected chi connectivity index (χ0v) is 18.6. The van der Waals surface area contributed by atoms with E-state index in [0.29, 0.717) is 18.5 Å². The average Bonchev–Trinajstić information content (AvgIpc) is 3.34. The quantitative estimate of drug-likeness (QED) is 0.653. The number of rotatable bonds is 7. The fraction of sp³-hybridized carbons (Fsp3) is 0.500. The SMILES string of the molecule is CCCCN(C(=O)CN1C[C@H](c2ccc3c(c2)CCO3)CC1C)c1cccc(C)c1. The summed E-state index contributed by atoms with van der Waals surface area (Å²) in [5.41, 5.74) is 4.94. The first-order valence-electron chi connectivity index (χ1n) is 11.4. The highest BCUT2D eigenvalue weighted by molar-refractivity contribution is 5.94. The van der Waals surface area contributed by atoms with E-state index in [1.807, 2.05) is 11.0 Å². The minimum atomic E-state index is 0.212. The summed E-state index contributed by atoms with van der Waals surface area (Å²) in [7, 11) is 0. The number of fused-ring (bicyclic) bond motifs is 1. The number of carbonyl (C=O) groups is 1. The second-order valence-electron chi connectivity index (χ2n) is 8.91. The van der Waals surface area contributed by atoms with Crippen molar-refractivity contribution in [3.63, 3.8) is 0 Å². The van der Waals surface area contributed by atoms with Gasteiger partial charge in [-0.15, -0.1) is 0 Å². The molecule has 0 bridgehead atoms. The summed E-state index contributed by atoms with van der Waals surface area (Å²) in [6, 6.07) is 15.4. The van der Waals surface area contributed by atoms with Crippen molar-refractivity contribution in [2.24, 2.45) is 0 Å². The van der Waals surface area contributed by atoms with E-state index in [-0.39, 0.29) is 5.91 Å². The molecule has 0 spiro atoms. The molecule has 0 N–H and O–H groups in total. The summed E-state index contributed by atoms with van der Waals surface area (Å²) in [5, 5.41) is 0. The number of benzene rings is 2. The second-order valence-corrected chi connectivity index (χ2v) is 8.91. The summed E-state index contributed by atoms with van der Waals surface area (Å²) in [5.74, 6) is 1.74. The van der Waals surface area contributed by atoms with Gasteiger partial charge in [-0.1, -0.05) is 37.6 Å². The zero-order valence-electron chi connectivity index (χ0n) is 18.6. The van der Waals surface area contributed by atoms with Gasteiger partial charge in [0.1, 0.15) is 5.75 Å². The van der Waals surface area contributed by atoms with E-state index in [4.69, 9.17) is 4.74 Å². The Kier molecular flexibility index (Phi) is 6.43. The summed E-state index contributed by atoms with van der Waals surface area (Å²) >= 11 is 0. The third-order valence-electron chi connectivity index (χ3n) is 6.58. The molecule has 4 heteroatoms. The maximum atomic E-state index is 13.3. The number of anilines is 1. The first kappa shape index (κ1) is 20.9. The molecule has 1 fully saturated rings. The molecule has 1 saturated heterocycles. The Morgan fingerprint density at radius 2 is 2.10 bits per heavy atom. The van der Waals surface area contributed by atoms with Crippen molar-refractivity contribution in [1.29, 1.82) is 0 Å². The summed E-state index contributed by atoms with van der Waals surface area (Å²) < 4.78 is 5.66. The van der Waals surface area contributed by atoms with E-state index in [0.717, 1.165) is 56.8 Å². The van der Waals surface area contributed by atoms with Crippen molar-refractivity contribution in [1.82, 2.24) is 4.90 Å². The van der Waals surface area contributed by atoms with Crippen molar-refractivity contribution in [2.45, 2.75) is 58.4 Å². The molecule has 2 aromatic rings. The second kappa shape index (κ2) is 9.22. The Morgan fingerprint density at radius 3 is 2.90 bits per heavy atom. The molecular weight excluding hydrogens is 372 g/mol. The molecule has 2 atom stereocenters. The standard InChI is InChI=1S/C26H34N2O2/c1-4-5-12-28(24-8-6-7-19(2)14-24)26(29)18-27-17-23(15-20(27)3)21-9-10-25-22(16-21)11-13-30-25/h6-10,14,16,20,23H,4-5,11-13,15,17-18H2,1-3H3/t20?,23-/m1/s1. The lowest BCUT2D eigenvalue weighted by atomic mass is 9.94. The Hall–Kier alpha value is -2.33. The van der Waals surface area contributed by atoms with Gasteiger partial charge in [-0.3, -0.25) is 9.69 Å². The number of hydrogen-bond acceptors (Lipinski definition) is 3.